The van der Waals surface area contributed by atoms with E-state index in [4.69, 9.17) is 0 Å². The second-order valence-corrected chi connectivity index (χ2v) is 6.88. The number of likely N-dealkylation sites (tertiary alicyclic amines) is 1. The number of carbonyl (C=O) groups excluding carboxylic acids is 1. The summed E-state index contributed by atoms with van der Waals surface area (Å²) in [6, 6.07) is 3.14. The van der Waals surface area contributed by atoms with Crippen molar-refractivity contribution in [2.75, 3.05) is 13.1 Å². The van der Waals surface area contributed by atoms with E-state index in [-0.39, 0.29) is 11.5 Å². The number of piperidine rings is 1. The zero-order chi connectivity index (χ0) is 16.4. The lowest BCUT2D eigenvalue weighted by atomic mass is 9.98. The number of hydrogen-bond acceptors (Lipinski definition) is 4. The minimum absolute atomic E-state index is 0.0559. The third-order valence-electron chi connectivity index (χ3n) is 4.34. The van der Waals surface area contributed by atoms with Gasteiger partial charge in [0.1, 0.15) is 0 Å². The first kappa shape index (κ1) is 15.9. The van der Waals surface area contributed by atoms with E-state index in [1.165, 1.54) is 10.6 Å². The maximum Gasteiger partial charge on any atom is 0.254 e. The summed E-state index contributed by atoms with van der Waals surface area (Å²) in [5.41, 5.74) is 1.44. The molecule has 5 nitrogen and oxygen atoms in total. The van der Waals surface area contributed by atoms with Crippen molar-refractivity contribution in [1.29, 1.82) is 0 Å². The molecule has 1 atom stereocenters. The van der Waals surface area contributed by atoms with E-state index in [1.54, 1.807) is 30.6 Å². The summed E-state index contributed by atoms with van der Waals surface area (Å²) in [6.45, 7) is 3.53. The van der Waals surface area contributed by atoms with Gasteiger partial charge >= 0.3 is 0 Å². The van der Waals surface area contributed by atoms with E-state index in [0.717, 1.165) is 36.5 Å². The van der Waals surface area contributed by atoms with Crippen LogP contribution in [0.15, 0.2) is 28.5 Å². The van der Waals surface area contributed by atoms with Gasteiger partial charge in [-0.3, -0.25) is 9.59 Å². The van der Waals surface area contributed by atoms with Crippen LogP contribution in [-0.4, -0.2) is 33.4 Å². The summed E-state index contributed by atoms with van der Waals surface area (Å²) in [7, 11) is 1.68. The average molecular weight is 331 g/mol. The van der Waals surface area contributed by atoms with E-state index < -0.39 is 0 Å². The molecule has 1 saturated heterocycles. The average Bonchev–Trinajstić information content (AvgIpc) is 3.06. The summed E-state index contributed by atoms with van der Waals surface area (Å²) >= 11 is 1.69. The highest BCUT2D eigenvalue weighted by Crippen LogP contribution is 2.30. The van der Waals surface area contributed by atoms with Crippen molar-refractivity contribution < 1.29 is 4.79 Å². The number of aromatic nitrogens is 2. The maximum absolute atomic E-state index is 12.7. The Bertz CT molecular complexity index is 765. The van der Waals surface area contributed by atoms with Gasteiger partial charge in [0.15, 0.2) is 0 Å². The maximum atomic E-state index is 12.7. The predicted octanol–water partition coefficient (Wildman–Crippen LogP) is 2.42. The summed E-state index contributed by atoms with van der Waals surface area (Å²) in [6.07, 6.45) is 4.63. The summed E-state index contributed by atoms with van der Waals surface area (Å²) in [5, 5.41) is 3.24. The van der Waals surface area contributed by atoms with Gasteiger partial charge in [0.05, 0.1) is 10.7 Å². The minimum Gasteiger partial charge on any atom is -0.338 e. The van der Waals surface area contributed by atoms with Crippen LogP contribution >= 0.6 is 11.3 Å². The molecule has 0 aromatic carbocycles. The molecule has 0 aliphatic carbocycles. The lowest BCUT2D eigenvalue weighted by Crippen LogP contribution is -2.39. The molecule has 1 fully saturated rings. The molecule has 1 amide bonds. The van der Waals surface area contributed by atoms with Gasteiger partial charge in [-0.2, -0.15) is 0 Å². The molecule has 0 bridgehead atoms. The van der Waals surface area contributed by atoms with Gasteiger partial charge in [-0.25, -0.2) is 4.98 Å². The van der Waals surface area contributed by atoms with Crippen molar-refractivity contribution in [2.45, 2.75) is 32.1 Å². The molecule has 2 aromatic rings. The third-order valence-corrected chi connectivity index (χ3v) is 5.40. The molecule has 1 aliphatic heterocycles. The van der Waals surface area contributed by atoms with Crippen molar-refractivity contribution in [2.24, 2.45) is 7.05 Å². The second-order valence-electron chi connectivity index (χ2n) is 5.99. The topological polar surface area (TPSA) is 55.2 Å². The van der Waals surface area contributed by atoms with Gasteiger partial charge < -0.3 is 9.47 Å². The molecule has 3 heterocycles. The predicted molar refractivity (Wildman–Crippen MR) is 91.1 cm³/mol. The fourth-order valence-corrected chi connectivity index (χ4v) is 3.93. The molecule has 2 aromatic heterocycles. The van der Waals surface area contributed by atoms with Crippen LogP contribution in [0.2, 0.25) is 0 Å². The van der Waals surface area contributed by atoms with Gasteiger partial charge in [-0.15, -0.1) is 11.3 Å². The molecule has 23 heavy (non-hydrogen) atoms. The van der Waals surface area contributed by atoms with Gasteiger partial charge in [0, 0.05) is 49.3 Å². The highest BCUT2D eigenvalue weighted by atomic mass is 32.1. The van der Waals surface area contributed by atoms with Gasteiger partial charge in [0.2, 0.25) is 0 Å². The van der Waals surface area contributed by atoms with E-state index >= 15 is 0 Å². The number of rotatable bonds is 3. The molecular weight excluding hydrogens is 310 g/mol. The van der Waals surface area contributed by atoms with Crippen LogP contribution in [0.4, 0.5) is 0 Å². The number of hydrogen-bond donors (Lipinski definition) is 0. The van der Waals surface area contributed by atoms with Crippen LogP contribution in [0.25, 0.3) is 0 Å². The number of aryl methyl sites for hydroxylation is 2. The fraction of sp³-hybridized carbons (Fsp3) is 0.471. The largest absolute Gasteiger partial charge is 0.338 e. The van der Waals surface area contributed by atoms with Crippen LogP contribution in [0, 0.1) is 0 Å². The Kier molecular flexibility index (Phi) is 4.61. The van der Waals surface area contributed by atoms with E-state index in [1.807, 2.05) is 4.90 Å². The van der Waals surface area contributed by atoms with Crippen molar-refractivity contribution in [3.05, 3.63) is 50.3 Å². The molecule has 0 radical (unpaired) electrons. The zero-order valence-corrected chi connectivity index (χ0v) is 14.3. The first-order valence-electron chi connectivity index (χ1n) is 7.98. The molecule has 3 rings (SSSR count). The standard InChI is InChI=1S/C17H21N3O2S/c1-3-14-11-23-16(18-14)13-5-4-7-20(10-13)17(22)12-6-8-19(2)15(21)9-12/h6,8-9,11,13H,3-5,7,10H2,1-2H3/t13-/m0/s1. The lowest BCUT2D eigenvalue weighted by molar-refractivity contribution is 0.0706. The highest BCUT2D eigenvalue weighted by molar-refractivity contribution is 7.09. The molecule has 122 valence electrons. The Hall–Kier alpha value is -1.95. The van der Waals surface area contributed by atoms with Crippen molar-refractivity contribution in [3.8, 4) is 0 Å². The molecule has 0 unspecified atom stereocenters. The smallest absolute Gasteiger partial charge is 0.254 e. The third kappa shape index (κ3) is 3.37. The van der Waals surface area contributed by atoms with Crippen molar-refractivity contribution in [1.82, 2.24) is 14.5 Å². The number of thiazole rings is 1. The van der Waals surface area contributed by atoms with E-state index in [0.29, 0.717) is 18.0 Å². The van der Waals surface area contributed by atoms with Crippen LogP contribution in [0.1, 0.15) is 46.7 Å². The fourth-order valence-electron chi connectivity index (χ4n) is 2.90. The zero-order valence-electron chi connectivity index (χ0n) is 13.5. The first-order chi connectivity index (χ1) is 11.1. The van der Waals surface area contributed by atoms with Gasteiger partial charge in [-0.1, -0.05) is 6.92 Å². The quantitative estimate of drug-likeness (QED) is 0.868. The number of pyridine rings is 1. The van der Waals surface area contributed by atoms with Crippen LogP contribution in [0.3, 0.4) is 0 Å². The monoisotopic (exact) mass is 331 g/mol. The summed E-state index contributed by atoms with van der Waals surface area (Å²) in [4.78, 5) is 30.9. The number of carbonyl (C=O) groups is 1. The minimum atomic E-state index is -0.156. The molecule has 0 spiro atoms. The van der Waals surface area contributed by atoms with Gasteiger partial charge in [-0.05, 0) is 25.3 Å². The Morgan fingerprint density at radius 1 is 1.48 bits per heavy atom. The number of amides is 1. The molecule has 1 aliphatic rings. The Labute approximate surface area is 139 Å². The number of nitrogens with zero attached hydrogens (tertiary/aromatic N) is 3. The van der Waals surface area contributed by atoms with Crippen LogP contribution < -0.4 is 5.56 Å². The normalized spacial score (nSPS) is 18.2. The lowest BCUT2D eigenvalue weighted by Gasteiger charge is -2.32. The Morgan fingerprint density at radius 2 is 2.30 bits per heavy atom. The Balaban J connectivity index is 1.76. The molecule has 0 N–H and O–H groups in total. The van der Waals surface area contributed by atoms with Crippen molar-refractivity contribution in [3.63, 3.8) is 0 Å². The van der Waals surface area contributed by atoms with E-state index in [9.17, 15) is 9.59 Å². The highest BCUT2D eigenvalue weighted by Gasteiger charge is 2.27. The summed E-state index contributed by atoms with van der Waals surface area (Å²) < 4.78 is 1.47. The SMILES string of the molecule is CCc1csc([C@H]2CCCN(C(=O)c3ccn(C)c(=O)c3)C2)n1. The van der Waals surface area contributed by atoms with Crippen LogP contribution in [0.5, 0.6) is 0 Å². The molecule has 6 heteroatoms. The first-order valence-corrected chi connectivity index (χ1v) is 8.86. The Morgan fingerprint density at radius 3 is 3.00 bits per heavy atom. The molecule has 0 saturated carbocycles. The van der Waals surface area contributed by atoms with E-state index in [2.05, 4.69) is 17.3 Å². The summed E-state index contributed by atoms with van der Waals surface area (Å²) in [5.74, 6) is 0.254. The molecular formula is C17H21N3O2S. The van der Waals surface area contributed by atoms with Crippen molar-refractivity contribution >= 4 is 17.2 Å². The second kappa shape index (κ2) is 6.66. The van der Waals surface area contributed by atoms with Crippen LogP contribution in [-0.2, 0) is 13.5 Å². The van der Waals surface area contributed by atoms with Gasteiger partial charge in [0.25, 0.3) is 11.5 Å².